The molecule has 1 amide bonds. The van der Waals surface area contributed by atoms with Gasteiger partial charge in [-0.25, -0.2) is 12.7 Å². The van der Waals surface area contributed by atoms with Gasteiger partial charge in [-0.2, -0.15) is 0 Å². The van der Waals surface area contributed by atoms with E-state index >= 15 is 0 Å². The van der Waals surface area contributed by atoms with E-state index in [0.717, 1.165) is 22.4 Å². The van der Waals surface area contributed by atoms with Gasteiger partial charge in [-0.05, 0) is 50.1 Å². The number of ether oxygens (including phenoxy) is 2. The highest BCUT2D eigenvalue weighted by Gasteiger charge is 2.34. The van der Waals surface area contributed by atoms with Crippen molar-refractivity contribution in [2.24, 2.45) is 0 Å². The summed E-state index contributed by atoms with van der Waals surface area (Å²) >= 11 is 0. The number of hydrogen-bond donors (Lipinski definition) is 1. The van der Waals surface area contributed by atoms with Crippen LogP contribution >= 0.6 is 0 Å². The van der Waals surface area contributed by atoms with E-state index in [4.69, 9.17) is 9.47 Å². The van der Waals surface area contributed by atoms with Crippen LogP contribution in [0, 0.1) is 6.92 Å². The van der Waals surface area contributed by atoms with Gasteiger partial charge >= 0.3 is 0 Å². The Morgan fingerprint density at radius 1 is 1.23 bits per heavy atom. The number of amides is 1. The van der Waals surface area contributed by atoms with Gasteiger partial charge in [0.05, 0.1) is 12.3 Å². The van der Waals surface area contributed by atoms with Gasteiger partial charge in [-0.15, -0.1) is 0 Å². The van der Waals surface area contributed by atoms with E-state index in [0.29, 0.717) is 12.2 Å². The highest BCUT2D eigenvalue weighted by molar-refractivity contribution is 7.88. The van der Waals surface area contributed by atoms with Crippen LogP contribution in [0.1, 0.15) is 43.0 Å². The molecule has 0 spiro atoms. The standard InChI is InChI=1S/C23H30N2O5S/c1-16-6-11-19-20(13-23(2,3)30-21(19)12-16)24-22(26)15-29-18-9-7-17(8-10-18)14-25(4)31(5,27)28/h6-12,20H,13-15H2,1-5H3,(H,24,26)/t20-/m0/s1. The molecule has 0 aliphatic carbocycles. The minimum absolute atomic E-state index is 0.110. The molecule has 7 nitrogen and oxygen atoms in total. The molecular weight excluding hydrogens is 416 g/mol. The van der Waals surface area contributed by atoms with Crippen LogP contribution in [0.15, 0.2) is 42.5 Å². The SMILES string of the molecule is Cc1ccc2c(c1)OC(C)(C)C[C@@H]2NC(=O)COc1ccc(CN(C)S(C)(=O)=O)cc1. The van der Waals surface area contributed by atoms with E-state index < -0.39 is 10.0 Å². The van der Waals surface area contributed by atoms with E-state index in [1.54, 1.807) is 24.3 Å². The second kappa shape index (κ2) is 8.88. The summed E-state index contributed by atoms with van der Waals surface area (Å²) in [5, 5.41) is 3.06. The molecular formula is C23H30N2O5S. The summed E-state index contributed by atoms with van der Waals surface area (Å²) in [6.45, 7) is 6.20. The molecule has 2 aromatic rings. The highest BCUT2D eigenvalue weighted by atomic mass is 32.2. The van der Waals surface area contributed by atoms with Crippen molar-refractivity contribution in [2.75, 3.05) is 19.9 Å². The third-order valence-corrected chi connectivity index (χ3v) is 6.49. The van der Waals surface area contributed by atoms with Gasteiger partial charge in [0.25, 0.3) is 5.91 Å². The Balaban J connectivity index is 1.58. The van der Waals surface area contributed by atoms with Crippen LogP contribution in [0.3, 0.4) is 0 Å². The molecule has 8 heteroatoms. The summed E-state index contributed by atoms with van der Waals surface area (Å²) in [4.78, 5) is 12.5. The molecule has 31 heavy (non-hydrogen) atoms. The van der Waals surface area contributed by atoms with Crippen LogP contribution < -0.4 is 14.8 Å². The molecule has 1 atom stereocenters. The molecule has 1 aliphatic rings. The number of carbonyl (C=O) groups excluding carboxylic acids is 1. The van der Waals surface area contributed by atoms with Gasteiger partial charge in [0.15, 0.2) is 6.61 Å². The lowest BCUT2D eigenvalue weighted by Crippen LogP contribution is -2.42. The number of carbonyl (C=O) groups is 1. The molecule has 0 radical (unpaired) electrons. The predicted molar refractivity (Wildman–Crippen MR) is 120 cm³/mol. The highest BCUT2D eigenvalue weighted by Crippen LogP contribution is 2.39. The number of nitrogens with one attached hydrogen (secondary N) is 1. The van der Waals surface area contributed by atoms with Crippen molar-refractivity contribution in [3.05, 3.63) is 59.2 Å². The second-order valence-electron chi connectivity index (χ2n) is 8.68. The molecule has 0 fully saturated rings. The third-order valence-electron chi connectivity index (χ3n) is 5.23. The Labute approximate surface area is 184 Å². The molecule has 0 saturated heterocycles. The van der Waals surface area contributed by atoms with Gasteiger partial charge in [0, 0.05) is 25.6 Å². The molecule has 168 valence electrons. The van der Waals surface area contributed by atoms with E-state index in [9.17, 15) is 13.2 Å². The van der Waals surface area contributed by atoms with E-state index in [1.807, 2.05) is 39.0 Å². The average molecular weight is 447 g/mol. The van der Waals surface area contributed by atoms with Gasteiger partial charge in [0.1, 0.15) is 17.1 Å². The van der Waals surface area contributed by atoms with Crippen molar-refractivity contribution in [1.29, 1.82) is 0 Å². The first-order valence-electron chi connectivity index (χ1n) is 10.1. The molecule has 1 heterocycles. The van der Waals surface area contributed by atoms with Gasteiger partial charge in [-0.3, -0.25) is 4.79 Å². The lowest BCUT2D eigenvalue weighted by molar-refractivity contribution is -0.124. The van der Waals surface area contributed by atoms with E-state index in [-0.39, 0.29) is 30.7 Å². The van der Waals surface area contributed by atoms with Crippen LogP contribution in [0.25, 0.3) is 0 Å². The molecule has 0 unspecified atom stereocenters. The van der Waals surface area contributed by atoms with Crippen LogP contribution in [0.5, 0.6) is 11.5 Å². The lowest BCUT2D eigenvalue weighted by Gasteiger charge is -2.38. The van der Waals surface area contributed by atoms with E-state index in [2.05, 4.69) is 5.32 Å². The predicted octanol–water partition coefficient (Wildman–Crippen LogP) is 3.18. The Bertz CT molecular complexity index is 1050. The first-order valence-corrected chi connectivity index (χ1v) is 12.0. The maximum atomic E-state index is 12.5. The fourth-order valence-corrected chi connectivity index (χ4v) is 3.92. The number of nitrogens with zero attached hydrogens (tertiary/aromatic N) is 1. The Kier molecular flexibility index (Phi) is 6.62. The average Bonchev–Trinajstić information content (AvgIpc) is 2.65. The number of benzene rings is 2. The van der Waals surface area contributed by atoms with Crippen molar-refractivity contribution in [3.63, 3.8) is 0 Å². The largest absolute Gasteiger partial charge is 0.487 e. The Morgan fingerprint density at radius 2 is 1.90 bits per heavy atom. The van der Waals surface area contributed by atoms with E-state index in [1.165, 1.54) is 17.6 Å². The van der Waals surface area contributed by atoms with Gasteiger partial charge < -0.3 is 14.8 Å². The summed E-state index contributed by atoms with van der Waals surface area (Å²) in [7, 11) is -1.71. The fourth-order valence-electron chi connectivity index (χ4n) is 3.54. The topological polar surface area (TPSA) is 84.9 Å². The third kappa shape index (κ3) is 6.21. The van der Waals surface area contributed by atoms with Crippen LogP contribution in [-0.4, -0.2) is 44.1 Å². The quantitative estimate of drug-likeness (QED) is 0.706. The summed E-state index contributed by atoms with van der Waals surface area (Å²) in [6.07, 6.45) is 1.83. The zero-order valence-corrected chi connectivity index (χ0v) is 19.5. The maximum absolute atomic E-state index is 12.5. The minimum Gasteiger partial charge on any atom is -0.487 e. The summed E-state index contributed by atoms with van der Waals surface area (Å²) in [5.41, 5.74) is 2.53. The first-order chi connectivity index (χ1) is 14.4. The smallest absolute Gasteiger partial charge is 0.258 e. The number of hydrogen-bond acceptors (Lipinski definition) is 5. The maximum Gasteiger partial charge on any atom is 0.258 e. The normalized spacial score (nSPS) is 17.5. The van der Waals surface area contributed by atoms with Crippen molar-refractivity contribution in [1.82, 2.24) is 9.62 Å². The molecule has 2 aromatic carbocycles. The van der Waals surface area contributed by atoms with Crippen LogP contribution in [0.2, 0.25) is 0 Å². The van der Waals surface area contributed by atoms with Crippen molar-refractivity contribution < 1.29 is 22.7 Å². The zero-order chi connectivity index (χ0) is 22.8. The molecule has 0 bridgehead atoms. The van der Waals surface area contributed by atoms with Crippen molar-refractivity contribution in [2.45, 2.75) is 45.4 Å². The number of sulfonamides is 1. The zero-order valence-electron chi connectivity index (χ0n) is 18.6. The van der Waals surface area contributed by atoms with Crippen molar-refractivity contribution >= 4 is 15.9 Å². The molecule has 3 rings (SSSR count). The summed E-state index contributed by atoms with van der Waals surface area (Å²) in [6, 6.07) is 12.9. The van der Waals surface area contributed by atoms with Crippen molar-refractivity contribution in [3.8, 4) is 11.5 Å². The van der Waals surface area contributed by atoms with Crippen LogP contribution in [-0.2, 0) is 21.4 Å². The number of aryl methyl sites for hydroxylation is 1. The molecule has 0 saturated carbocycles. The Morgan fingerprint density at radius 3 is 2.55 bits per heavy atom. The van der Waals surface area contributed by atoms with Crippen LogP contribution in [0.4, 0.5) is 0 Å². The van der Waals surface area contributed by atoms with Gasteiger partial charge in [0.2, 0.25) is 10.0 Å². The summed E-state index contributed by atoms with van der Waals surface area (Å²) in [5.74, 6) is 1.14. The number of fused-ring (bicyclic) bond motifs is 1. The minimum atomic E-state index is -3.24. The Hall–Kier alpha value is -2.58. The lowest BCUT2D eigenvalue weighted by atomic mass is 9.89. The molecule has 0 aromatic heterocycles. The number of rotatable bonds is 7. The fraction of sp³-hybridized carbons (Fsp3) is 0.435. The first kappa shape index (κ1) is 23.1. The van der Waals surface area contributed by atoms with Gasteiger partial charge in [-0.1, -0.05) is 24.3 Å². The molecule has 1 N–H and O–H groups in total. The second-order valence-corrected chi connectivity index (χ2v) is 10.8. The molecule has 1 aliphatic heterocycles. The monoisotopic (exact) mass is 446 g/mol. The summed E-state index contributed by atoms with van der Waals surface area (Å²) < 4.78 is 36.0.